The highest BCUT2D eigenvalue weighted by Crippen LogP contribution is 2.20. The lowest BCUT2D eigenvalue weighted by Crippen LogP contribution is -2.16. The topological polar surface area (TPSA) is 53.6 Å². The molecule has 24 heavy (non-hydrogen) atoms. The lowest BCUT2D eigenvalue weighted by Gasteiger charge is -2.10. The average molecular weight is 367 g/mol. The maximum Gasteiger partial charge on any atom is 0.215 e. The number of nitrogens with zero attached hydrogens (tertiary/aromatic N) is 2. The van der Waals surface area contributed by atoms with Crippen molar-refractivity contribution in [2.45, 2.75) is 25.8 Å². The Morgan fingerprint density at radius 3 is 2.67 bits per heavy atom. The van der Waals surface area contributed by atoms with E-state index in [-0.39, 0.29) is 5.92 Å². The van der Waals surface area contributed by atoms with Crippen LogP contribution >= 0.6 is 23.2 Å². The highest BCUT2D eigenvalue weighted by Gasteiger charge is 2.12. The summed E-state index contributed by atoms with van der Waals surface area (Å²) < 4.78 is 13.1. The van der Waals surface area contributed by atoms with Crippen molar-refractivity contribution in [3.8, 4) is 0 Å². The van der Waals surface area contributed by atoms with Gasteiger partial charge >= 0.3 is 0 Å². The summed E-state index contributed by atoms with van der Waals surface area (Å²) in [5.41, 5.74) is 2.21. The second-order valence-electron chi connectivity index (χ2n) is 5.77. The van der Waals surface area contributed by atoms with Gasteiger partial charge in [0.2, 0.25) is 5.95 Å². The van der Waals surface area contributed by atoms with Crippen LogP contribution in [0.25, 0.3) is 11.2 Å². The number of aromatic amines is 1. The number of imidazole rings is 1. The molecule has 3 aromatic rings. The zero-order valence-electron chi connectivity index (χ0n) is 13.1. The first-order valence-electron chi connectivity index (χ1n) is 7.69. The Hall–Kier alpha value is -1.69. The molecule has 0 bridgehead atoms. The van der Waals surface area contributed by atoms with E-state index in [4.69, 9.17) is 23.2 Å². The summed E-state index contributed by atoms with van der Waals surface area (Å²) in [4.78, 5) is 11.3. The first kappa shape index (κ1) is 17.1. The number of hydrogen-bond donors (Lipinski definition) is 2. The molecule has 0 aliphatic rings. The van der Waals surface area contributed by atoms with Gasteiger partial charge in [0.15, 0.2) is 5.65 Å². The molecule has 0 spiro atoms. The number of pyridine rings is 1. The van der Waals surface area contributed by atoms with Crippen molar-refractivity contribution in [2.24, 2.45) is 0 Å². The van der Waals surface area contributed by atoms with E-state index < -0.39 is 5.95 Å². The molecule has 0 saturated carbocycles. The van der Waals surface area contributed by atoms with Gasteiger partial charge in [0, 0.05) is 22.5 Å². The normalized spacial score (nSPS) is 12.7. The lowest BCUT2D eigenvalue weighted by atomic mass is 10.1. The van der Waals surface area contributed by atoms with Gasteiger partial charge in [-0.15, -0.1) is 0 Å². The second-order valence-corrected chi connectivity index (χ2v) is 6.64. The molecule has 2 N–H and O–H groups in total. The molecule has 126 valence electrons. The van der Waals surface area contributed by atoms with E-state index in [9.17, 15) is 4.39 Å². The number of hydrogen-bond acceptors (Lipinski definition) is 3. The fourth-order valence-corrected chi connectivity index (χ4v) is 3.09. The molecule has 2 heterocycles. The highest BCUT2D eigenvalue weighted by molar-refractivity contribution is 6.34. The molecule has 0 amide bonds. The molecule has 2 aromatic heterocycles. The maximum atomic E-state index is 13.1. The van der Waals surface area contributed by atoms with E-state index in [1.165, 1.54) is 6.07 Å². The zero-order valence-corrected chi connectivity index (χ0v) is 14.6. The van der Waals surface area contributed by atoms with Gasteiger partial charge < -0.3 is 10.3 Å². The van der Waals surface area contributed by atoms with E-state index in [0.29, 0.717) is 22.2 Å². The fraction of sp³-hybridized carbons (Fsp3) is 0.294. The van der Waals surface area contributed by atoms with E-state index in [1.807, 2.05) is 12.1 Å². The maximum absolute atomic E-state index is 13.1. The Balaban J connectivity index is 1.53. The Bertz CT molecular complexity index is 829. The first-order chi connectivity index (χ1) is 11.5. The summed E-state index contributed by atoms with van der Waals surface area (Å²) in [6, 6.07) is 8.48. The van der Waals surface area contributed by atoms with Gasteiger partial charge in [-0.25, -0.2) is 4.98 Å². The van der Waals surface area contributed by atoms with Gasteiger partial charge in [0.05, 0.1) is 5.52 Å². The summed E-state index contributed by atoms with van der Waals surface area (Å²) in [5.74, 6) is 0.503. The van der Waals surface area contributed by atoms with Crippen LogP contribution in [0.5, 0.6) is 0 Å². The summed E-state index contributed by atoms with van der Waals surface area (Å²) in [7, 11) is 0. The van der Waals surface area contributed by atoms with Gasteiger partial charge in [0.25, 0.3) is 0 Å². The van der Waals surface area contributed by atoms with Gasteiger partial charge in [-0.1, -0.05) is 30.1 Å². The molecule has 0 aliphatic carbocycles. The molecule has 0 fully saturated rings. The van der Waals surface area contributed by atoms with Crippen LogP contribution in [0.2, 0.25) is 10.0 Å². The molecule has 0 saturated heterocycles. The van der Waals surface area contributed by atoms with E-state index in [0.717, 1.165) is 29.9 Å². The van der Waals surface area contributed by atoms with E-state index >= 15 is 0 Å². The Labute approximate surface area is 149 Å². The van der Waals surface area contributed by atoms with Crippen molar-refractivity contribution in [1.29, 1.82) is 0 Å². The lowest BCUT2D eigenvalue weighted by molar-refractivity contribution is 0.578. The van der Waals surface area contributed by atoms with Crippen LogP contribution < -0.4 is 5.32 Å². The van der Waals surface area contributed by atoms with Crippen molar-refractivity contribution in [1.82, 2.24) is 20.3 Å². The number of rotatable bonds is 6. The number of halogens is 3. The fourth-order valence-electron chi connectivity index (χ4n) is 2.52. The minimum absolute atomic E-state index is 0.206. The van der Waals surface area contributed by atoms with Gasteiger partial charge in [-0.2, -0.15) is 9.37 Å². The zero-order chi connectivity index (χ0) is 17.1. The molecule has 0 unspecified atom stereocenters. The third kappa shape index (κ3) is 4.23. The highest BCUT2D eigenvalue weighted by atomic mass is 35.5. The predicted molar refractivity (Wildman–Crippen MR) is 95.0 cm³/mol. The van der Waals surface area contributed by atoms with Gasteiger partial charge in [0.1, 0.15) is 5.82 Å². The van der Waals surface area contributed by atoms with Crippen LogP contribution in [0.3, 0.4) is 0 Å². The average Bonchev–Trinajstić information content (AvgIpc) is 2.93. The molecular formula is C17H17Cl2FN4. The standard InChI is InChI=1S/C17H17Cl2FN4/c1-10(16-22-14-2-3-15(20)23-17(14)24-16)4-5-21-9-11-6-12(18)8-13(19)7-11/h2-3,6-8,10,21H,4-5,9H2,1H3,(H,22,23,24)/t10-/m1/s1. The SMILES string of the molecule is C[C@H](CCNCc1cc(Cl)cc(Cl)c1)c1nc2nc(F)ccc2[nH]1. The number of aromatic nitrogens is 3. The molecule has 7 heteroatoms. The van der Waals surface area contributed by atoms with Crippen molar-refractivity contribution in [3.05, 3.63) is 57.7 Å². The molecule has 1 atom stereocenters. The van der Waals surface area contributed by atoms with E-state index in [2.05, 4.69) is 27.2 Å². The van der Waals surface area contributed by atoms with Crippen LogP contribution in [0, 0.1) is 5.95 Å². The molecule has 1 aromatic carbocycles. The van der Waals surface area contributed by atoms with Crippen molar-refractivity contribution >= 4 is 34.4 Å². The number of H-pyrrole nitrogens is 1. The molecule has 4 nitrogen and oxygen atoms in total. The second kappa shape index (κ2) is 7.47. The molecule has 3 rings (SSSR count). The van der Waals surface area contributed by atoms with Crippen LogP contribution in [0.4, 0.5) is 4.39 Å². The summed E-state index contributed by atoms with van der Waals surface area (Å²) in [6.07, 6.45) is 0.886. The summed E-state index contributed by atoms with van der Waals surface area (Å²) >= 11 is 12.0. The third-order valence-corrected chi connectivity index (χ3v) is 4.24. The van der Waals surface area contributed by atoms with Crippen LogP contribution in [-0.2, 0) is 6.54 Å². The monoisotopic (exact) mass is 366 g/mol. The van der Waals surface area contributed by atoms with Crippen LogP contribution in [0.15, 0.2) is 30.3 Å². The van der Waals surface area contributed by atoms with Crippen LogP contribution in [0.1, 0.15) is 30.7 Å². The van der Waals surface area contributed by atoms with Crippen molar-refractivity contribution in [2.75, 3.05) is 6.54 Å². The molecule has 0 radical (unpaired) electrons. The van der Waals surface area contributed by atoms with Gasteiger partial charge in [-0.05, 0) is 48.9 Å². The Kier molecular flexibility index (Phi) is 5.33. The van der Waals surface area contributed by atoms with Crippen LogP contribution in [-0.4, -0.2) is 21.5 Å². The largest absolute Gasteiger partial charge is 0.340 e. The number of benzene rings is 1. The molecular weight excluding hydrogens is 350 g/mol. The first-order valence-corrected chi connectivity index (χ1v) is 8.44. The Morgan fingerprint density at radius 1 is 1.17 bits per heavy atom. The summed E-state index contributed by atoms with van der Waals surface area (Å²) in [6.45, 7) is 3.58. The Morgan fingerprint density at radius 2 is 1.92 bits per heavy atom. The molecule has 0 aliphatic heterocycles. The quantitative estimate of drug-likeness (QED) is 0.491. The minimum atomic E-state index is -0.518. The van der Waals surface area contributed by atoms with Crippen molar-refractivity contribution < 1.29 is 4.39 Å². The predicted octanol–water partition coefficient (Wildman–Crippen LogP) is 4.69. The third-order valence-electron chi connectivity index (χ3n) is 3.80. The summed E-state index contributed by atoms with van der Waals surface area (Å²) in [5, 5.41) is 4.63. The number of nitrogens with one attached hydrogen (secondary N) is 2. The van der Waals surface area contributed by atoms with Gasteiger partial charge in [-0.3, -0.25) is 0 Å². The number of fused-ring (bicyclic) bond motifs is 1. The van der Waals surface area contributed by atoms with Crippen molar-refractivity contribution in [3.63, 3.8) is 0 Å². The van der Waals surface area contributed by atoms with E-state index in [1.54, 1.807) is 12.1 Å². The minimum Gasteiger partial charge on any atom is -0.340 e. The smallest absolute Gasteiger partial charge is 0.215 e.